The van der Waals surface area contributed by atoms with Gasteiger partial charge in [-0.2, -0.15) is 0 Å². The summed E-state index contributed by atoms with van der Waals surface area (Å²) in [5, 5.41) is 0. The first-order valence-corrected chi connectivity index (χ1v) is 6.13. The van der Waals surface area contributed by atoms with E-state index in [0.29, 0.717) is 17.2 Å². The molecule has 0 aliphatic rings. The molecule has 5 heteroatoms. The lowest BCUT2D eigenvalue weighted by Crippen LogP contribution is -1.99. The van der Waals surface area contributed by atoms with E-state index in [1.807, 2.05) is 30.3 Å². The van der Waals surface area contributed by atoms with Crippen molar-refractivity contribution >= 4 is 11.4 Å². The SMILES string of the molecule is Nc1cccc(-c2nccc(-c3ccncc3)n2)c1N. The van der Waals surface area contributed by atoms with Crippen LogP contribution in [0.5, 0.6) is 0 Å². The maximum absolute atomic E-state index is 5.99. The molecule has 0 amide bonds. The van der Waals surface area contributed by atoms with E-state index in [0.717, 1.165) is 16.8 Å². The Labute approximate surface area is 116 Å². The molecule has 0 saturated carbocycles. The highest BCUT2D eigenvalue weighted by atomic mass is 14.9. The molecule has 0 spiro atoms. The maximum Gasteiger partial charge on any atom is 0.161 e. The summed E-state index contributed by atoms with van der Waals surface area (Å²) in [4.78, 5) is 12.8. The number of nitrogens with two attached hydrogens (primary N) is 2. The summed E-state index contributed by atoms with van der Waals surface area (Å²) in [5.74, 6) is 0.559. The number of nitrogens with zero attached hydrogens (tertiary/aromatic N) is 3. The van der Waals surface area contributed by atoms with Crippen molar-refractivity contribution in [3.63, 3.8) is 0 Å². The number of hydrogen-bond acceptors (Lipinski definition) is 5. The largest absolute Gasteiger partial charge is 0.397 e. The molecule has 0 radical (unpaired) electrons. The first kappa shape index (κ1) is 12.1. The summed E-state index contributed by atoms with van der Waals surface area (Å²) in [5.41, 5.74) is 15.4. The third kappa shape index (κ3) is 2.16. The lowest BCUT2D eigenvalue weighted by atomic mass is 10.1. The minimum atomic E-state index is 0.499. The molecule has 0 aliphatic carbocycles. The molecule has 2 aromatic heterocycles. The number of pyridine rings is 1. The summed E-state index contributed by atoms with van der Waals surface area (Å²) in [6, 6.07) is 11.1. The minimum Gasteiger partial charge on any atom is -0.397 e. The summed E-state index contributed by atoms with van der Waals surface area (Å²) < 4.78 is 0. The van der Waals surface area contributed by atoms with Crippen molar-refractivity contribution in [2.45, 2.75) is 0 Å². The molecule has 4 N–H and O–H groups in total. The third-order valence-corrected chi connectivity index (χ3v) is 3.01. The summed E-state index contributed by atoms with van der Waals surface area (Å²) >= 11 is 0. The fourth-order valence-corrected chi connectivity index (χ4v) is 1.95. The van der Waals surface area contributed by atoms with Crippen LogP contribution < -0.4 is 11.5 Å². The molecule has 1 aromatic carbocycles. The van der Waals surface area contributed by atoms with Crippen molar-refractivity contribution in [1.82, 2.24) is 15.0 Å². The molecule has 3 rings (SSSR count). The van der Waals surface area contributed by atoms with Gasteiger partial charge in [0, 0.05) is 29.7 Å². The maximum atomic E-state index is 5.99. The van der Waals surface area contributed by atoms with Gasteiger partial charge in [0.15, 0.2) is 5.82 Å². The van der Waals surface area contributed by atoms with E-state index in [2.05, 4.69) is 15.0 Å². The van der Waals surface area contributed by atoms with E-state index >= 15 is 0 Å². The standard InChI is InChI=1S/C15H13N5/c16-12-3-1-2-11(14(12)17)15-19-9-6-13(20-15)10-4-7-18-8-5-10/h1-9H,16-17H2. The van der Waals surface area contributed by atoms with Crippen LogP contribution in [-0.4, -0.2) is 15.0 Å². The van der Waals surface area contributed by atoms with Crippen LogP contribution >= 0.6 is 0 Å². The lowest BCUT2D eigenvalue weighted by Gasteiger charge is -2.08. The van der Waals surface area contributed by atoms with Crippen LogP contribution in [0.25, 0.3) is 22.6 Å². The summed E-state index contributed by atoms with van der Waals surface area (Å²) in [7, 11) is 0. The average Bonchev–Trinajstić information content (AvgIpc) is 2.51. The molecule has 0 saturated heterocycles. The molecule has 98 valence electrons. The van der Waals surface area contributed by atoms with Gasteiger partial charge in [0.05, 0.1) is 17.1 Å². The van der Waals surface area contributed by atoms with Gasteiger partial charge in [-0.25, -0.2) is 9.97 Å². The van der Waals surface area contributed by atoms with E-state index in [9.17, 15) is 0 Å². The second-order valence-corrected chi connectivity index (χ2v) is 4.31. The number of benzene rings is 1. The number of rotatable bonds is 2. The normalized spacial score (nSPS) is 10.4. The second-order valence-electron chi connectivity index (χ2n) is 4.31. The highest BCUT2D eigenvalue weighted by Crippen LogP contribution is 2.28. The average molecular weight is 263 g/mol. The Morgan fingerprint density at radius 1 is 0.850 bits per heavy atom. The quantitative estimate of drug-likeness (QED) is 0.693. The van der Waals surface area contributed by atoms with Crippen molar-refractivity contribution < 1.29 is 0 Å². The van der Waals surface area contributed by atoms with Crippen LogP contribution in [-0.2, 0) is 0 Å². The molecule has 5 nitrogen and oxygen atoms in total. The highest BCUT2D eigenvalue weighted by Gasteiger charge is 2.09. The van der Waals surface area contributed by atoms with E-state index in [1.54, 1.807) is 24.7 Å². The Balaban J connectivity index is 2.10. The second kappa shape index (κ2) is 4.97. The molecular formula is C15H13N5. The van der Waals surface area contributed by atoms with Gasteiger partial charge < -0.3 is 11.5 Å². The number of para-hydroxylation sites is 1. The van der Waals surface area contributed by atoms with Gasteiger partial charge in [-0.15, -0.1) is 0 Å². The van der Waals surface area contributed by atoms with Gasteiger partial charge >= 0.3 is 0 Å². The van der Waals surface area contributed by atoms with Gasteiger partial charge in [-0.1, -0.05) is 6.07 Å². The smallest absolute Gasteiger partial charge is 0.161 e. The summed E-state index contributed by atoms with van der Waals surface area (Å²) in [6.07, 6.45) is 5.17. The number of anilines is 2. The minimum absolute atomic E-state index is 0.499. The Bertz CT molecular complexity index is 740. The van der Waals surface area contributed by atoms with Gasteiger partial charge in [-0.3, -0.25) is 4.98 Å². The van der Waals surface area contributed by atoms with Crippen LogP contribution in [0.3, 0.4) is 0 Å². The van der Waals surface area contributed by atoms with Crippen molar-refractivity contribution in [3.05, 3.63) is 55.0 Å². The molecule has 0 atom stereocenters. The van der Waals surface area contributed by atoms with E-state index < -0.39 is 0 Å². The van der Waals surface area contributed by atoms with Crippen LogP contribution in [0.1, 0.15) is 0 Å². The van der Waals surface area contributed by atoms with Crippen molar-refractivity contribution in [1.29, 1.82) is 0 Å². The van der Waals surface area contributed by atoms with Gasteiger partial charge in [0.25, 0.3) is 0 Å². The van der Waals surface area contributed by atoms with Gasteiger partial charge in [0.2, 0.25) is 0 Å². The Morgan fingerprint density at radius 3 is 2.45 bits per heavy atom. The molecule has 2 heterocycles. The Kier molecular flexibility index (Phi) is 3.01. The molecule has 3 aromatic rings. The number of hydrogen-bond donors (Lipinski definition) is 2. The van der Waals surface area contributed by atoms with Crippen LogP contribution in [0.15, 0.2) is 55.0 Å². The van der Waals surface area contributed by atoms with Crippen LogP contribution in [0, 0.1) is 0 Å². The van der Waals surface area contributed by atoms with Crippen molar-refractivity contribution in [3.8, 4) is 22.6 Å². The predicted molar refractivity (Wildman–Crippen MR) is 79.5 cm³/mol. The first-order chi connectivity index (χ1) is 9.75. The molecule has 0 fully saturated rings. The molecule has 0 aliphatic heterocycles. The molecule has 0 bridgehead atoms. The Morgan fingerprint density at radius 2 is 1.65 bits per heavy atom. The number of nitrogen functional groups attached to an aromatic ring is 2. The zero-order valence-corrected chi connectivity index (χ0v) is 10.7. The van der Waals surface area contributed by atoms with Crippen molar-refractivity contribution in [2.24, 2.45) is 0 Å². The topological polar surface area (TPSA) is 90.7 Å². The predicted octanol–water partition coefficient (Wildman–Crippen LogP) is 2.37. The Hall–Kier alpha value is -2.95. The van der Waals surface area contributed by atoms with Crippen molar-refractivity contribution in [2.75, 3.05) is 11.5 Å². The van der Waals surface area contributed by atoms with Crippen LogP contribution in [0.4, 0.5) is 11.4 Å². The zero-order chi connectivity index (χ0) is 13.9. The highest BCUT2D eigenvalue weighted by molar-refractivity contribution is 5.81. The monoisotopic (exact) mass is 263 g/mol. The molecule has 20 heavy (non-hydrogen) atoms. The fraction of sp³-hybridized carbons (Fsp3) is 0. The molecule has 0 unspecified atom stereocenters. The van der Waals surface area contributed by atoms with E-state index in [-0.39, 0.29) is 0 Å². The molecular weight excluding hydrogens is 250 g/mol. The van der Waals surface area contributed by atoms with Crippen LogP contribution in [0.2, 0.25) is 0 Å². The summed E-state index contributed by atoms with van der Waals surface area (Å²) in [6.45, 7) is 0. The first-order valence-electron chi connectivity index (χ1n) is 6.13. The fourth-order valence-electron chi connectivity index (χ4n) is 1.95. The van der Waals surface area contributed by atoms with E-state index in [1.165, 1.54) is 0 Å². The van der Waals surface area contributed by atoms with Gasteiger partial charge in [-0.05, 0) is 30.3 Å². The van der Waals surface area contributed by atoms with Gasteiger partial charge in [0.1, 0.15) is 0 Å². The zero-order valence-electron chi connectivity index (χ0n) is 10.7. The third-order valence-electron chi connectivity index (χ3n) is 3.01. The number of aromatic nitrogens is 3. The lowest BCUT2D eigenvalue weighted by molar-refractivity contribution is 1.18. The van der Waals surface area contributed by atoms with E-state index in [4.69, 9.17) is 11.5 Å².